The molecule has 2 amide bonds. The van der Waals surface area contributed by atoms with E-state index < -0.39 is 23.4 Å². The third kappa shape index (κ3) is 3.14. The summed E-state index contributed by atoms with van der Waals surface area (Å²) in [5.41, 5.74) is -0.699. The number of carboxylic acids is 1. The highest BCUT2D eigenvalue weighted by atomic mass is 19.1. The molecular weight excluding hydrogens is 267 g/mol. The molecule has 6 nitrogen and oxygen atoms in total. The number of amides is 2. The number of aromatic carboxylic acids is 1. The number of urea groups is 1. The Hall–Kier alpha value is -2.83. The minimum Gasteiger partial charge on any atom is -0.478 e. The summed E-state index contributed by atoms with van der Waals surface area (Å²) in [4.78, 5) is 22.6. The number of nitrogens with one attached hydrogen (secondary N) is 2. The van der Waals surface area contributed by atoms with Crippen molar-refractivity contribution in [3.05, 3.63) is 53.7 Å². The van der Waals surface area contributed by atoms with E-state index >= 15 is 0 Å². The van der Waals surface area contributed by atoms with E-state index in [1.54, 1.807) is 12.1 Å². The van der Waals surface area contributed by atoms with E-state index in [-0.39, 0.29) is 12.2 Å². The van der Waals surface area contributed by atoms with Gasteiger partial charge < -0.3 is 20.2 Å². The zero-order valence-electron chi connectivity index (χ0n) is 10.2. The Bertz CT molecular complexity index is 625. The van der Waals surface area contributed by atoms with Crippen LogP contribution in [-0.4, -0.2) is 17.1 Å². The molecule has 3 N–H and O–H groups in total. The number of hydrogen-bond acceptors (Lipinski definition) is 3. The maximum absolute atomic E-state index is 13.4. The van der Waals surface area contributed by atoms with Crippen molar-refractivity contribution in [2.75, 3.05) is 5.32 Å². The topological polar surface area (TPSA) is 91.6 Å². The number of hydrogen-bond donors (Lipinski definition) is 3. The van der Waals surface area contributed by atoms with Gasteiger partial charge in [-0.2, -0.15) is 0 Å². The molecule has 0 radical (unpaired) electrons. The van der Waals surface area contributed by atoms with Crippen LogP contribution in [0.2, 0.25) is 0 Å². The van der Waals surface area contributed by atoms with Crippen molar-refractivity contribution in [1.82, 2.24) is 5.32 Å². The molecule has 104 valence electrons. The standard InChI is InChI=1S/C13H11FN2O4/c14-9-4-1-5-10(11(9)12(17)18)16-13(19)15-7-8-3-2-6-20-8/h1-6H,7H2,(H,17,18)(H2,15,16,19). The van der Waals surface area contributed by atoms with Crippen molar-refractivity contribution in [2.45, 2.75) is 6.54 Å². The highest BCUT2D eigenvalue weighted by molar-refractivity contribution is 6.00. The molecule has 0 spiro atoms. The molecule has 0 saturated heterocycles. The first kappa shape index (κ1) is 13.6. The largest absolute Gasteiger partial charge is 0.478 e. The molecule has 2 aromatic rings. The lowest BCUT2D eigenvalue weighted by Crippen LogP contribution is -2.29. The fourth-order valence-electron chi connectivity index (χ4n) is 1.59. The number of benzene rings is 1. The third-order valence-electron chi connectivity index (χ3n) is 2.48. The lowest BCUT2D eigenvalue weighted by atomic mass is 10.1. The number of halogens is 1. The normalized spacial score (nSPS) is 10.1. The fraction of sp³-hybridized carbons (Fsp3) is 0.0769. The van der Waals surface area contributed by atoms with Gasteiger partial charge in [0.05, 0.1) is 18.5 Å². The first-order valence-electron chi connectivity index (χ1n) is 5.67. The van der Waals surface area contributed by atoms with E-state index in [9.17, 15) is 14.0 Å². The van der Waals surface area contributed by atoms with Crippen LogP contribution in [0.3, 0.4) is 0 Å². The molecule has 0 saturated carbocycles. The monoisotopic (exact) mass is 278 g/mol. The Kier molecular flexibility index (Phi) is 3.99. The van der Waals surface area contributed by atoms with E-state index in [1.807, 2.05) is 0 Å². The van der Waals surface area contributed by atoms with E-state index in [2.05, 4.69) is 10.6 Å². The molecule has 0 aliphatic heterocycles. The lowest BCUT2D eigenvalue weighted by Gasteiger charge is -2.09. The number of carbonyl (C=O) groups excluding carboxylic acids is 1. The molecule has 0 aliphatic rings. The lowest BCUT2D eigenvalue weighted by molar-refractivity contribution is 0.0693. The molecule has 0 unspecified atom stereocenters. The summed E-state index contributed by atoms with van der Waals surface area (Å²) >= 11 is 0. The highest BCUT2D eigenvalue weighted by Crippen LogP contribution is 2.18. The number of rotatable bonds is 4. The van der Waals surface area contributed by atoms with Crippen molar-refractivity contribution < 1.29 is 23.5 Å². The third-order valence-corrected chi connectivity index (χ3v) is 2.48. The van der Waals surface area contributed by atoms with E-state index in [0.29, 0.717) is 5.76 Å². The predicted molar refractivity (Wildman–Crippen MR) is 67.9 cm³/mol. The van der Waals surface area contributed by atoms with Crippen LogP contribution in [0.15, 0.2) is 41.0 Å². The minimum atomic E-state index is -1.45. The van der Waals surface area contributed by atoms with Crippen molar-refractivity contribution in [1.29, 1.82) is 0 Å². The van der Waals surface area contributed by atoms with Gasteiger partial charge >= 0.3 is 12.0 Å². The summed E-state index contributed by atoms with van der Waals surface area (Å²) in [5.74, 6) is -1.83. The molecule has 0 aliphatic carbocycles. The summed E-state index contributed by atoms with van der Waals surface area (Å²) in [6.07, 6.45) is 1.46. The Morgan fingerprint density at radius 2 is 2.05 bits per heavy atom. The van der Waals surface area contributed by atoms with Crippen LogP contribution in [0.5, 0.6) is 0 Å². The zero-order valence-corrected chi connectivity index (χ0v) is 10.2. The predicted octanol–water partition coefficient (Wildman–Crippen LogP) is 2.44. The Balaban J connectivity index is 2.04. The van der Waals surface area contributed by atoms with Gasteiger partial charge in [0.15, 0.2) is 0 Å². The number of carbonyl (C=O) groups is 2. The molecule has 1 heterocycles. The smallest absolute Gasteiger partial charge is 0.340 e. The van der Waals surface area contributed by atoms with Gasteiger partial charge in [0.2, 0.25) is 0 Å². The van der Waals surface area contributed by atoms with Crippen molar-refractivity contribution in [3.63, 3.8) is 0 Å². The average molecular weight is 278 g/mol. The molecule has 1 aromatic carbocycles. The summed E-state index contributed by atoms with van der Waals surface area (Å²) in [6.45, 7) is 0.135. The number of furan rings is 1. The van der Waals surface area contributed by atoms with Crippen LogP contribution in [-0.2, 0) is 6.54 Å². The first-order chi connectivity index (χ1) is 9.58. The Labute approximate surface area is 113 Å². The van der Waals surface area contributed by atoms with Crippen LogP contribution in [0, 0.1) is 5.82 Å². The Morgan fingerprint density at radius 3 is 2.70 bits per heavy atom. The Morgan fingerprint density at radius 1 is 1.25 bits per heavy atom. The second-order valence-electron chi connectivity index (χ2n) is 3.85. The van der Waals surface area contributed by atoms with E-state index in [1.165, 1.54) is 18.4 Å². The van der Waals surface area contributed by atoms with Crippen LogP contribution in [0.4, 0.5) is 14.9 Å². The van der Waals surface area contributed by atoms with Gasteiger partial charge in [-0.1, -0.05) is 6.07 Å². The zero-order chi connectivity index (χ0) is 14.5. The fourth-order valence-corrected chi connectivity index (χ4v) is 1.59. The van der Waals surface area contributed by atoms with Crippen molar-refractivity contribution in [3.8, 4) is 0 Å². The molecule has 7 heteroatoms. The molecule has 0 fully saturated rings. The molecule has 1 aromatic heterocycles. The second kappa shape index (κ2) is 5.87. The van der Waals surface area contributed by atoms with Gasteiger partial charge in [-0.25, -0.2) is 14.0 Å². The van der Waals surface area contributed by atoms with Crippen LogP contribution in [0.1, 0.15) is 16.1 Å². The second-order valence-corrected chi connectivity index (χ2v) is 3.85. The molecule has 0 atom stereocenters. The molecule has 20 heavy (non-hydrogen) atoms. The van der Waals surface area contributed by atoms with Crippen LogP contribution < -0.4 is 10.6 Å². The number of anilines is 1. The summed E-state index contributed by atoms with van der Waals surface area (Å²) in [6, 6.07) is 6.31. The van der Waals surface area contributed by atoms with Gasteiger partial charge in [0.1, 0.15) is 17.1 Å². The van der Waals surface area contributed by atoms with Gasteiger partial charge in [-0.15, -0.1) is 0 Å². The maximum atomic E-state index is 13.4. The van der Waals surface area contributed by atoms with Gasteiger partial charge in [-0.3, -0.25) is 0 Å². The van der Waals surface area contributed by atoms with Gasteiger partial charge in [0, 0.05) is 0 Å². The molecular formula is C13H11FN2O4. The number of carboxylic acid groups (broad SMARTS) is 1. The minimum absolute atomic E-state index is 0.116. The molecule has 2 rings (SSSR count). The van der Waals surface area contributed by atoms with Crippen molar-refractivity contribution >= 4 is 17.7 Å². The van der Waals surface area contributed by atoms with Crippen molar-refractivity contribution in [2.24, 2.45) is 0 Å². The first-order valence-corrected chi connectivity index (χ1v) is 5.67. The quantitative estimate of drug-likeness (QED) is 0.801. The van der Waals surface area contributed by atoms with Gasteiger partial charge in [-0.05, 0) is 24.3 Å². The average Bonchev–Trinajstić information content (AvgIpc) is 2.89. The summed E-state index contributed by atoms with van der Waals surface area (Å²) < 4.78 is 18.4. The van der Waals surface area contributed by atoms with Crippen LogP contribution >= 0.6 is 0 Å². The van der Waals surface area contributed by atoms with Crippen LogP contribution in [0.25, 0.3) is 0 Å². The summed E-state index contributed by atoms with van der Waals surface area (Å²) in [7, 11) is 0. The van der Waals surface area contributed by atoms with E-state index in [0.717, 1.165) is 6.07 Å². The molecule has 0 bridgehead atoms. The summed E-state index contributed by atoms with van der Waals surface area (Å²) in [5, 5.41) is 13.7. The van der Waals surface area contributed by atoms with Gasteiger partial charge in [0.25, 0.3) is 0 Å². The highest BCUT2D eigenvalue weighted by Gasteiger charge is 2.17. The SMILES string of the molecule is O=C(NCc1ccco1)Nc1cccc(F)c1C(=O)O. The maximum Gasteiger partial charge on any atom is 0.340 e. The van der Waals surface area contributed by atoms with E-state index in [4.69, 9.17) is 9.52 Å².